The lowest BCUT2D eigenvalue weighted by molar-refractivity contribution is 0.0990. The van der Waals surface area contributed by atoms with Crippen molar-refractivity contribution < 1.29 is 9.59 Å². The number of rotatable bonds is 2. The number of fused-ring (bicyclic) bond motifs is 2. The first kappa shape index (κ1) is 14.6. The molecule has 118 valence electrons. The van der Waals surface area contributed by atoms with Crippen molar-refractivity contribution in [3.8, 4) is 0 Å². The Labute approximate surface area is 139 Å². The van der Waals surface area contributed by atoms with E-state index in [0.29, 0.717) is 28.0 Å². The average molecular weight is 316 g/mol. The average Bonchev–Trinajstić information content (AvgIpc) is 3.03. The summed E-state index contributed by atoms with van der Waals surface area (Å²) in [6.07, 6.45) is 0. The van der Waals surface area contributed by atoms with Crippen LogP contribution in [-0.2, 0) is 0 Å². The summed E-state index contributed by atoms with van der Waals surface area (Å²) < 4.78 is 0. The molecule has 0 unspecified atom stereocenters. The summed E-state index contributed by atoms with van der Waals surface area (Å²) >= 11 is 0. The number of carbonyl (C=O) groups excluding carboxylic acids is 2. The molecule has 0 saturated carbocycles. The van der Waals surface area contributed by atoms with Gasteiger partial charge >= 0.3 is 0 Å². The zero-order valence-electron chi connectivity index (χ0n) is 13.2. The Morgan fingerprint density at radius 1 is 0.958 bits per heavy atom. The summed E-state index contributed by atoms with van der Waals surface area (Å²) in [6.45, 7) is 2.03. The van der Waals surface area contributed by atoms with Crippen LogP contribution in [0, 0.1) is 6.92 Å². The zero-order valence-corrected chi connectivity index (χ0v) is 13.2. The number of hydrogen-bond donors (Lipinski definition) is 2. The minimum atomic E-state index is -0.168. The van der Waals surface area contributed by atoms with Crippen molar-refractivity contribution >= 4 is 28.0 Å². The standard InChI is InChI=1S/C20H16N2O2/c1-11-5-4-6-12-9-16(22-18(11)12)17-15(10-21)19(23)13-7-2-3-8-14(13)20(17)24/h2-9,22H,10,21H2,1H3. The number of aromatic amines is 1. The largest absolute Gasteiger partial charge is 0.354 e. The van der Waals surface area contributed by atoms with Crippen molar-refractivity contribution in [2.45, 2.75) is 6.92 Å². The molecule has 0 aliphatic heterocycles. The minimum absolute atomic E-state index is 0.0303. The monoisotopic (exact) mass is 316 g/mol. The molecule has 1 heterocycles. The first-order chi connectivity index (χ1) is 11.6. The summed E-state index contributed by atoms with van der Waals surface area (Å²) in [5.74, 6) is -0.326. The molecule has 4 nitrogen and oxygen atoms in total. The molecule has 0 atom stereocenters. The van der Waals surface area contributed by atoms with Gasteiger partial charge in [-0.3, -0.25) is 9.59 Å². The molecule has 0 spiro atoms. The van der Waals surface area contributed by atoms with Gasteiger partial charge in [0.1, 0.15) is 0 Å². The van der Waals surface area contributed by atoms with Crippen LogP contribution in [0.4, 0.5) is 0 Å². The fourth-order valence-corrected chi connectivity index (χ4v) is 3.35. The normalized spacial score (nSPS) is 14.4. The van der Waals surface area contributed by atoms with Gasteiger partial charge in [-0.05, 0) is 18.6 Å². The molecular weight excluding hydrogens is 300 g/mol. The lowest BCUT2D eigenvalue weighted by Gasteiger charge is -2.19. The number of ketones is 2. The fraction of sp³-hybridized carbons (Fsp3) is 0.100. The molecule has 0 amide bonds. The van der Waals surface area contributed by atoms with Gasteiger partial charge in [-0.25, -0.2) is 0 Å². The van der Waals surface area contributed by atoms with Gasteiger partial charge in [0.15, 0.2) is 11.6 Å². The Morgan fingerprint density at radius 3 is 2.33 bits per heavy atom. The molecule has 0 saturated heterocycles. The van der Waals surface area contributed by atoms with Gasteiger partial charge < -0.3 is 10.7 Å². The van der Waals surface area contributed by atoms with Crippen LogP contribution < -0.4 is 5.73 Å². The highest BCUT2D eigenvalue weighted by Gasteiger charge is 2.32. The number of aromatic nitrogens is 1. The lowest BCUT2D eigenvalue weighted by atomic mass is 9.83. The number of hydrogen-bond acceptors (Lipinski definition) is 3. The van der Waals surface area contributed by atoms with Crippen molar-refractivity contribution in [3.05, 3.63) is 76.5 Å². The SMILES string of the molecule is Cc1cccc2cc(C3=C(CN)C(=O)c4ccccc4C3=O)[nH]c12. The van der Waals surface area contributed by atoms with Crippen LogP contribution in [0.3, 0.4) is 0 Å². The highest BCUT2D eigenvalue weighted by atomic mass is 16.1. The molecule has 3 aromatic rings. The van der Waals surface area contributed by atoms with E-state index in [1.54, 1.807) is 24.3 Å². The van der Waals surface area contributed by atoms with Crippen molar-refractivity contribution in [1.29, 1.82) is 0 Å². The second kappa shape index (κ2) is 5.28. The highest BCUT2D eigenvalue weighted by Crippen LogP contribution is 2.33. The van der Waals surface area contributed by atoms with Crippen LogP contribution in [-0.4, -0.2) is 23.1 Å². The van der Waals surface area contributed by atoms with Gasteiger partial charge in [-0.15, -0.1) is 0 Å². The van der Waals surface area contributed by atoms with E-state index in [1.807, 2.05) is 31.2 Å². The number of aryl methyl sites for hydroxylation is 1. The fourth-order valence-electron chi connectivity index (χ4n) is 3.35. The van der Waals surface area contributed by atoms with Crippen LogP contribution >= 0.6 is 0 Å². The maximum absolute atomic E-state index is 13.0. The first-order valence-corrected chi connectivity index (χ1v) is 7.82. The Hall–Kier alpha value is -2.98. The molecular formula is C20H16N2O2. The Balaban J connectivity index is 1.99. The number of carbonyl (C=O) groups is 2. The van der Waals surface area contributed by atoms with Crippen LogP contribution in [0.25, 0.3) is 16.5 Å². The molecule has 1 aliphatic rings. The van der Waals surface area contributed by atoms with Crippen LogP contribution in [0.2, 0.25) is 0 Å². The molecule has 0 bridgehead atoms. The van der Waals surface area contributed by atoms with Gasteiger partial charge in [0, 0.05) is 34.1 Å². The van der Waals surface area contributed by atoms with E-state index in [1.165, 1.54) is 0 Å². The topological polar surface area (TPSA) is 76.0 Å². The third-order valence-electron chi connectivity index (χ3n) is 4.56. The number of nitrogens with one attached hydrogen (secondary N) is 1. The molecule has 4 heteroatoms. The van der Waals surface area contributed by atoms with Crippen LogP contribution in [0.5, 0.6) is 0 Å². The number of H-pyrrole nitrogens is 1. The van der Waals surface area contributed by atoms with E-state index in [0.717, 1.165) is 16.5 Å². The quantitative estimate of drug-likeness (QED) is 0.762. The Kier molecular flexibility index (Phi) is 3.22. The molecule has 24 heavy (non-hydrogen) atoms. The summed E-state index contributed by atoms with van der Waals surface area (Å²) in [5, 5.41) is 1.01. The van der Waals surface area contributed by atoms with Gasteiger partial charge in [0.2, 0.25) is 0 Å². The van der Waals surface area contributed by atoms with Gasteiger partial charge in [-0.2, -0.15) is 0 Å². The minimum Gasteiger partial charge on any atom is -0.354 e. The number of allylic oxidation sites excluding steroid dienone is 1. The van der Waals surface area contributed by atoms with Gasteiger partial charge in [0.05, 0.1) is 11.3 Å². The smallest absolute Gasteiger partial charge is 0.196 e. The molecule has 0 fully saturated rings. The Bertz CT molecular complexity index is 1040. The maximum atomic E-state index is 13.0. The zero-order chi connectivity index (χ0) is 16.8. The number of para-hydroxylation sites is 1. The van der Waals surface area contributed by atoms with Crippen LogP contribution in [0.15, 0.2) is 54.1 Å². The first-order valence-electron chi connectivity index (χ1n) is 7.82. The predicted octanol–water partition coefficient (Wildman–Crippen LogP) is 3.27. The molecule has 0 radical (unpaired) electrons. The van der Waals surface area contributed by atoms with E-state index in [4.69, 9.17) is 5.73 Å². The molecule has 1 aromatic heterocycles. The summed E-state index contributed by atoms with van der Waals surface area (Å²) in [6, 6.07) is 14.8. The van der Waals surface area contributed by atoms with Crippen molar-refractivity contribution in [2.75, 3.05) is 6.54 Å². The molecule has 2 aromatic carbocycles. The number of benzene rings is 2. The van der Waals surface area contributed by atoms with Gasteiger partial charge in [0.25, 0.3) is 0 Å². The van der Waals surface area contributed by atoms with Crippen LogP contribution in [0.1, 0.15) is 32.0 Å². The van der Waals surface area contributed by atoms with E-state index in [-0.39, 0.29) is 18.1 Å². The van der Waals surface area contributed by atoms with E-state index < -0.39 is 0 Å². The van der Waals surface area contributed by atoms with Crippen molar-refractivity contribution in [3.63, 3.8) is 0 Å². The van der Waals surface area contributed by atoms with Crippen molar-refractivity contribution in [1.82, 2.24) is 4.98 Å². The summed E-state index contributed by atoms with van der Waals surface area (Å²) in [5.41, 5.74) is 10.1. The molecule has 4 rings (SSSR count). The van der Waals surface area contributed by atoms with Gasteiger partial charge in [-0.1, -0.05) is 42.5 Å². The second-order valence-corrected chi connectivity index (χ2v) is 5.98. The third-order valence-corrected chi connectivity index (χ3v) is 4.56. The maximum Gasteiger partial charge on any atom is 0.196 e. The molecule has 1 aliphatic carbocycles. The van der Waals surface area contributed by atoms with E-state index in [2.05, 4.69) is 4.98 Å². The third kappa shape index (κ3) is 1.97. The Morgan fingerprint density at radius 2 is 1.67 bits per heavy atom. The summed E-state index contributed by atoms with van der Waals surface area (Å²) in [7, 11) is 0. The van der Waals surface area contributed by atoms with E-state index in [9.17, 15) is 9.59 Å². The number of nitrogens with two attached hydrogens (primary N) is 1. The second-order valence-electron chi connectivity index (χ2n) is 5.98. The summed E-state index contributed by atoms with van der Waals surface area (Å²) in [4.78, 5) is 29.1. The van der Waals surface area contributed by atoms with E-state index >= 15 is 0 Å². The predicted molar refractivity (Wildman–Crippen MR) is 94.1 cm³/mol. The number of Topliss-reactive ketones (excluding diaryl/α,β-unsaturated/α-hetero) is 2. The molecule has 3 N–H and O–H groups in total. The highest BCUT2D eigenvalue weighted by molar-refractivity contribution is 6.40. The lowest BCUT2D eigenvalue weighted by Crippen LogP contribution is -2.25. The van der Waals surface area contributed by atoms with Crippen molar-refractivity contribution in [2.24, 2.45) is 5.73 Å².